The second-order valence-electron chi connectivity index (χ2n) is 13.2. The van der Waals surface area contributed by atoms with Crippen LogP contribution >= 0.6 is 0 Å². The smallest absolute Gasteiger partial charge is 0.238 e. The molecule has 0 fully saturated rings. The lowest BCUT2D eigenvalue weighted by Crippen LogP contribution is -2.32. The Balaban J connectivity index is 1.24. The second kappa shape index (κ2) is 10.6. The van der Waals surface area contributed by atoms with Gasteiger partial charge in [0.05, 0.1) is 16.4 Å². The van der Waals surface area contributed by atoms with Crippen LogP contribution in [-0.4, -0.2) is 19.5 Å². The van der Waals surface area contributed by atoms with Crippen molar-refractivity contribution >= 4 is 21.8 Å². The van der Waals surface area contributed by atoms with Crippen molar-refractivity contribution in [3.05, 3.63) is 192 Å². The van der Waals surface area contributed by atoms with Gasteiger partial charge in [-0.1, -0.05) is 146 Å². The van der Waals surface area contributed by atoms with Crippen molar-refractivity contribution in [2.75, 3.05) is 0 Å². The summed E-state index contributed by atoms with van der Waals surface area (Å²) < 4.78 is 9.07. The molecule has 2 aliphatic rings. The van der Waals surface area contributed by atoms with Gasteiger partial charge in [-0.15, -0.1) is 0 Å². The molecule has 5 nitrogen and oxygen atoms in total. The minimum atomic E-state index is -0.553. The molecule has 238 valence electrons. The summed E-state index contributed by atoms with van der Waals surface area (Å²) >= 11 is 0. The highest BCUT2D eigenvalue weighted by Crippen LogP contribution is 2.62. The predicted molar refractivity (Wildman–Crippen MR) is 202 cm³/mol. The van der Waals surface area contributed by atoms with E-state index >= 15 is 0 Å². The van der Waals surface area contributed by atoms with Crippen LogP contribution in [0.15, 0.2) is 170 Å². The monoisotopic (exact) mass is 652 g/mol. The van der Waals surface area contributed by atoms with Crippen LogP contribution in [0.3, 0.4) is 0 Å². The van der Waals surface area contributed by atoms with Gasteiger partial charge in [-0.05, 0) is 40.5 Å². The Hall–Kier alpha value is -6.85. The van der Waals surface area contributed by atoms with Crippen LogP contribution in [0.1, 0.15) is 22.3 Å². The molecule has 11 rings (SSSR count). The van der Waals surface area contributed by atoms with Gasteiger partial charge in [0.1, 0.15) is 11.5 Å². The summed E-state index contributed by atoms with van der Waals surface area (Å²) in [6, 6.07) is 59.5. The summed E-state index contributed by atoms with van der Waals surface area (Å²) in [5.74, 6) is 3.46. The van der Waals surface area contributed by atoms with Crippen LogP contribution in [0.5, 0.6) is 11.5 Å². The van der Waals surface area contributed by atoms with Gasteiger partial charge in [0.15, 0.2) is 11.6 Å². The summed E-state index contributed by atoms with van der Waals surface area (Å²) in [4.78, 5) is 15.3. The Kier molecular flexibility index (Phi) is 5.81. The first-order valence-electron chi connectivity index (χ1n) is 17.2. The lowest BCUT2D eigenvalue weighted by atomic mass is 9.66. The van der Waals surface area contributed by atoms with E-state index in [0.29, 0.717) is 17.6 Å². The lowest BCUT2D eigenvalue weighted by Gasteiger charge is -2.39. The fraction of sp³-hybridized carbons (Fsp3) is 0.0217. The van der Waals surface area contributed by atoms with Gasteiger partial charge in [-0.2, -0.15) is 9.97 Å². The number of ether oxygens (including phenoxy) is 1. The molecule has 5 heteroatoms. The zero-order valence-electron chi connectivity index (χ0n) is 27.4. The number of para-hydroxylation sites is 2. The third-order valence-corrected chi connectivity index (χ3v) is 10.5. The van der Waals surface area contributed by atoms with Crippen molar-refractivity contribution in [2.24, 2.45) is 0 Å². The minimum absolute atomic E-state index is 0.552. The summed E-state index contributed by atoms with van der Waals surface area (Å²) in [7, 11) is 0. The fourth-order valence-electron chi connectivity index (χ4n) is 8.43. The van der Waals surface area contributed by atoms with Gasteiger partial charge in [-0.25, -0.2) is 4.98 Å². The number of nitrogens with zero attached hydrogens (tertiary/aromatic N) is 4. The molecule has 3 heterocycles. The van der Waals surface area contributed by atoms with Gasteiger partial charge >= 0.3 is 0 Å². The van der Waals surface area contributed by atoms with Crippen molar-refractivity contribution in [1.29, 1.82) is 0 Å². The van der Waals surface area contributed by atoms with Gasteiger partial charge in [-0.3, -0.25) is 4.57 Å². The van der Waals surface area contributed by atoms with E-state index in [1.165, 1.54) is 22.3 Å². The van der Waals surface area contributed by atoms with Crippen molar-refractivity contribution < 1.29 is 4.74 Å². The van der Waals surface area contributed by atoms with Crippen molar-refractivity contribution in [2.45, 2.75) is 5.41 Å². The summed E-state index contributed by atoms with van der Waals surface area (Å²) in [5.41, 5.74) is 10.6. The predicted octanol–water partition coefficient (Wildman–Crippen LogP) is 10.8. The lowest BCUT2D eigenvalue weighted by molar-refractivity contribution is 0.437. The molecule has 0 amide bonds. The molecule has 9 aromatic rings. The zero-order valence-corrected chi connectivity index (χ0v) is 27.4. The summed E-state index contributed by atoms with van der Waals surface area (Å²) in [5, 5.41) is 2.23. The van der Waals surface area contributed by atoms with Gasteiger partial charge < -0.3 is 4.74 Å². The van der Waals surface area contributed by atoms with Crippen LogP contribution in [0, 0.1) is 0 Å². The normalized spacial score (nSPS) is 13.4. The Bertz CT molecular complexity index is 2740. The van der Waals surface area contributed by atoms with Gasteiger partial charge in [0.25, 0.3) is 0 Å². The molecule has 1 aliphatic heterocycles. The SMILES string of the molecule is c1ccc(-c2nc(-c3ccccc3)nc(-n3c4ccccc4c4cc5c(cc43)Oc3ccccc3C53c4ccccc4-c4ccccc43)n2)cc1. The van der Waals surface area contributed by atoms with Crippen molar-refractivity contribution in [3.8, 4) is 51.3 Å². The number of hydrogen-bond acceptors (Lipinski definition) is 4. The minimum Gasteiger partial charge on any atom is -0.457 e. The molecule has 1 spiro atoms. The maximum Gasteiger partial charge on any atom is 0.238 e. The van der Waals surface area contributed by atoms with E-state index < -0.39 is 5.41 Å². The Morgan fingerprint density at radius 2 is 0.961 bits per heavy atom. The van der Waals surface area contributed by atoms with Crippen LogP contribution in [0.2, 0.25) is 0 Å². The van der Waals surface area contributed by atoms with E-state index in [1.54, 1.807) is 0 Å². The molecule has 0 bridgehead atoms. The Labute approximate surface area is 294 Å². The zero-order chi connectivity index (χ0) is 33.5. The highest BCUT2D eigenvalue weighted by Gasteiger charge is 2.51. The van der Waals surface area contributed by atoms with Gasteiger partial charge in [0, 0.05) is 39.1 Å². The van der Waals surface area contributed by atoms with Crippen LogP contribution in [0.4, 0.5) is 0 Å². The molecule has 0 atom stereocenters. The molecule has 0 unspecified atom stereocenters. The van der Waals surface area contributed by atoms with E-state index in [-0.39, 0.29) is 0 Å². The van der Waals surface area contributed by atoms with Crippen LogP contribution in [-0.2, 0) is 5.41 Å². The number of benzene rings is 7. The standard InChI is InChI=1S/C46H28N4O/c1-3-15-29(16-4-1)43-47-44(30-17-5-2-6-18-30)49-45(48-43)50-39-25-13-9-21-33(39)34-27-38-42(28-40(34)50)51-41-26-14-12-24-37(41)46(38)35-22-10-7-19-31(35)32-20-8-11-23-36(32)46/h1-28H. The van der Waals surface area contributed by atoms with E-state index in [9.17, 15) is 0 Å². The quantitative estimate of drug-likeness (QED) is 0.191. The summed E-state index contributed by atoms with van der Waals surface area (Å²) in [6.45, 7) is 0. The van der Waals surface area contributed by atoms with E-state index in [0.717, 1.165) is 55.6 Å². The molecule has 0 N–H and O–H groups in total. The topological polar surface area (TPSA) is 52.8 Å². The first-order chi connectivity index (χ1) is 25.3. The fourth-order valence-corrected chi connectivity index (χ4v) is 8.43. The van der Waals surface area contributed by atoms with Crippen LogP contribution in [0.25, 0.3) is 61.7 Å². The Morgan fingerprint density at radius 1 is 0.412 bits per heavy atom. The third kappa shape index (κ3) is 3.88. The number of aromatic nitrogens is 4. The maximum absolute atomic E-state index is 6.91. The molecule has 1 aliphatic carbocycles. The van der Waals surface area contributed by atoms with Gasteiger partial charge in [0.2, 0.25) is 5.95 Å². The van der Waals surface area contributed by atoms with Crippen molar-refractivity contribution in [1.82, 2.24) is 19.5 Å². The molecular formula is C46H28N4O. The number of fused-ring (bicyclic) bond motifs is 12. The average Bonchev–Trinajstić information content (AvgIpc) is 3.68. The largest absolute Gasteiger partial charge is 0.457 e. The third-order valence-electron chi connectivity index (χ3n) is 10.5. The van der Waals surface area contributed by atoms with E-state index in [4.69, 9.17) is 19.7 Å². The highest BCUT2D eigenvalue weighted by atomic mass is 16.5. The molecular weight excluding hydrogens is 625 g/mol. The van der Waals surface area contributed by atoms with Crippen LogP contribution < -0.4 is 4.74 Å². The highest BCUT2D eigenvalue weighted by molar-refractivity contribution is 6.10. The maximum atomic E-state index is 6.91. The van der Waals surface area contributed by atoms with E-state index in [2.05, 4.69) is 114 Å². The Morgan fingerprint density at radius 3 is 1.63 bits per heavy atom. The molecule has 0 saturated carbocycles. The summed E-state index contributed by atoms with van der Waals surface area (Å²) in [6.07, 6.45) is 0. The average molecular weight is 653 g/mol. The molecule has 7 aromatic carbocycles. The molecule has 51 heavy (non-hydrogen) atoms. The first kappa shape index (κ1) is 28.0. The number of hydrogen-bond donors (Lipinski definition) is 0. The molecule has 2 aromatic heterocycles. The molecule has 0 saturated heterocycles. The first-order valence-corrected chi connectivity index (χ1v) is 17.2. The molecule has 0 radical (unpaired) electrons. The second-order valence-corrected chi connectivity index (χ2v) is 13.2. The van der Waals surface area contributed by atoms with Crippen molar-refractivity contribution in [3.63, 3.8) is 0 Å². The number of rotatable bonds is 3. The van der Waals surface area contributed by atoms with E-state index in [1.807, 2.05) is 60.7 Å².